The van der Waals surface area contributed by atoms with Gasteiger partial charge in [0, 0.05) is 12.3 Å². The van der Waals surface area contributed by atoms with Crippen LogP contribution in [0, 0.1) is 0 Å². The number of hydrogen-bond donors (Lipinski definition) is 3. The van der Waals surface area contributed by atoms with Gasteiger partial charge in [-0.2, -0.15) is 0 Å². The summed E-state index contributed by atoms with van der Waals surface area (Å²) in [7, 11) is -4.56. The van der Waals surface area contributed by atoms with Gasteiger partial charge in [-0.1, -0.05) is 0 Å². The molecule has 10 nitrogen and oxygen atoms in total. The van der Waals surface area contributed by atoms with Crippen LogP contribution < -0.4 is 11.2 Å². The Balaban J connectivity index is 1.87. The van der Waals surface area contributed by atoms with Crippen LogP contribution in [0.15, 0.2) is 21.9 Å². The fraction of sp³-hybridized carbons (Fsp3) is 0.714. The zero-order chi connectivity index (χ0) is 20.0. The van der Waals surface area contributed by atoms with Gasteiger partial charge < -0.3 is 14.7 Å². The van der Waals surface area contributed by atoms with E-state index in [0.717, 1.165) is 16.8 Å². The van der Waals surface area contributed by atoms with Crippen LogP contribution in [0.5, 0.6) is 0 Å². The monoisotopic (exact) mass is 426 g/mol. The van der Waals surface area contributed by atoms with E-state index < -0.39 is 54.7 Å². The van der Waals surface area contributed by atoms with Gasteiger partial charge in [0.2, 0.25) is 0 Å². The third-order valence-electron chi connectivity index (χ3n) is 4.33. The summed E-state index contributed by atoms with van der Waals surface area (Å²) >= 11 is 1.20. The van der Waals surface area contributed by atoms with Crippen LogP contribution in [0.25, 0.3) is 0 Å². The second-order valence-corrected chi connectivity index (χ2v) is 9.49. The number of ether oxygens (including phenoxy) is 1. The Morgan fingerprint density at radius 2 is 2.22 bits per heavy atom. The first-order valence-electron chi connectivity index (χ1n) is 8.15. The third kappa shape index (κ3) is 3.80. The van der Waals surface area contributed by atoms with Crippen LogP contribution in [0.2, 0.25) is 0 Å². The first kappa shape index (κ1) is 20.7. The molecule has 2 aliphatic heterocycles. The molecule has 3 heterocycles. The lowest BCUT2D eigenvalue weighted by molar-refractivity contribution is -0.205. The fourth-order valence-electron chi connectivity index (χ4n) is 3.08. The third-order valence-corrected chi connectivity index (χ3v) is 7.05. The largest absolute Gasteiger partial charge is 0.472 e. The summed E-state index contributed by atoms with van der Waals surface area (Å²) in [5.74, 6) is -2.26. The van der Waals surface area contributed by atoms with E-state index in [-0.39, 0.29) is 0 Å². The minimum Gasteiger partial charge on any atom is -0.385 e. The van der Waals surface area contributed by atoms with Gasteiger partial charge in [0.15, 0.2) is 6.23 Å². The number of alkyl halides is 1. The summed E-state index contributed by atoms with van der Waals surface area (Å²) < 4.78 is 41.6. The number of aliphatic hydroxyl groups excluding tert-OH is 1. The number of aromatic nitrogens is 2. The van der Waals surface area contributed by atoms with E-state index >= 15 is 4.39 Å². The van der Waals surface area contributed by atoms with Crippen molar-refractivity contribution in [1.29, 1.82) is 0 Å². The Morgan fingerprint density at radius 3 is 2.74 bits per heavy atom. The Morgan fingerprint density at radius 1 is 1.56 bits per heavy atom. The second-order valence-electron chi connectivity index (χ2n) is 6.63. The number of phosphoric ester groups is 1. The lowest BCUT2D eigenvalue weighted by Gasteiger charge is -2.43. The molecular formula is C14H20FN2O8PS. The molecule has 2 saturated heterocycles. The summed E-state index contributed by atoms with van der Waals surface area (Å²) in [5.41, 5.74) is -1.46. The molecule has 0 aliphatic carbocycles. The maximum Gasteiger partial charge on any atom is 0.472 e. The number of nitrogens with one attached hydrogen (secondary N) is 1. The van der Waals surface area contributed by atoms with Crippen LogP contribution in [0.1, 0.15) is 26.5 Å². The molecule has 1 aromatic heterocycles. The minimum atomic E-state index is -4.56. The van der Waals surface area contributed by atoms with Crippen LogP contribution in [-0.2, 0) is 18.3 Å². The van der Waals surface area contributed by atoms with Gasteiger partial charge in [-0.15, -0.1) is 11.8 Å². The topological polar surface area (TPSA) is 140 Å². The number of H-pyrrole nitrogens is 1. The molecule has 0 amide bonds. The number of aromatic amines is 1. The van der Waals surface area contributed by atoms with E-state index in [1.807, 2.05) is 4.98 Å². The van der Waals surface area contributed by atoms with Gasteiger partial charge in [0.25, 0.3) is 11.4 Å². The van der Waals surface area contributed by atoms with E-state index in [2.05, 4.69) is 4.52 Å². The molecule has 1 unspecified atom stereocenters. The van der Waals surface area contributed by atoms with Crippen LogP contribution in [0.4, 0.5) is 4.39 Å². The minimum absolute atomic E-state index is 0.333. The highest BCUT2D eigenvalue weighted by molar-refractivity contribution is 8.02. The first-order valence-corrected chi connectivity index (χ1v) is 10.6. The van der Waals surface area contributed by atoms with Crippen LogP contribution in [0.3, 0.4) is 0 Å². The molecule has 2 aliphatic rings. The van der Waals surface area contributed by atoms with Crippen molar-refractivity contribution in [2.45, 2.75) is 49.3 Å². The van der Waals surface area contributed by atoms with Crippen molar-refractivity contribution in [3.8, 4) is 0 Å². The zero-order valence-corrected chi connectivity index (χ0v) is 16.2. The van der Waals surface area contributed by atoms with Gasteiger partial charge in [0.05, 0.1) is 10.9 Å². The molecule has 152 valence electrons. The Labute approximate surface area is 157 Å². The molecule has 2 fully saturated rings. The number of hydrogen-bond acceptors (Lipinski definition) is 8. The molecule has 0 saturated carbocycles. The summed E-state index contributed by atoms with van der Waals surface area (Å²) in [6.07, 6.45) is -2.16. The summed E-state index contributed by atoms with van der Waals surface area (Å²) in [6, 6.07) is 1.07. The molecular weight excluding hydrogens is 406 g/mol. The second kappa shape index (κ2) is 7.11. The van der Waals surface area contributed by atoms with Gasteiger partial charge in [0.1, 0.15) is 12.7 Å². The van der Waals surface area contributed by atoms with Crippen molar-refractivity contribution in [2.24, 2.45) is 0 Å². The van der Waals surface area contributed by atoms with E-state index in [1.54, 1.807) is 0 Å². The summed E-state index contributed by atoms with van der Waals surface area (Å²) in [4.78, 5) is 35.0. The van der Waals surface area contributed by atoms with Crippen molar-refractivity contribution in [3.63, 3.8) is 0 Å². The molecule has 1 spiro atoms. The Kier molecular flexibility index (Phi) is 5.45. The van der Waals surface area contributed by atoms with Crippen LogP contribution >= 0.6 is 19.6 Å². The van der Waals surface area contributed by atoms with Gasteiger partial charge in [-0.3, -0.25) is 23.4 Å². The SMILES string of the molecule is CC(C)OP(=O)(O)OC[C@@]1(F)O[C@@H](n2ccc(=O)[nH]c2=O)[C@@]2(CCS2)[C@@H]1O. The number of phosphoric acid groups is 1. The predicted molar refractivity (Wildman–Crippen MR) is 93.1 cm³/mol. The molecule has 0 aromatic carbocycles. The zero-order valence-electron chi connectivity index (χ0n) is 14.5. The first-order chi connectivity index (χ1) is 12.5. The van der Waals surface area contributed by atoms with Crippen LogP contribution in [-0.4, -0.2) is 54.7 Å². The highest BCUT2D eigenvalue weighted by atomic mass is 32.2. The van der Waals surface area contributed by atoms with Crippen molar-refractivity contribution >= 4 is 19.6 Å². The summed E-state index contributed by atoms with van der Waals surface area (Å²) in [6.45, 7) is 1.92. The maximum atomic E-state index is 15.4. The van der Waals surface area contributed by atoms with Crippen molar-refractivity contribution in [3.05, 3.63) is 33.1 Å². The normalized spacial score (nSPS) is 35.3. The highest BCUT2D eigenvalue weighted by Gasteiger charge is 2.68. The molecule has 0 radical (unpaired) electrons. The van der Waals surface area contributed by atoms with E-state index in [0.29, 0.717) is 12.2 Å². The van der Waals surface area contributed by atoms with E-state index in [9.17, 15) is 24.2 Å². The number of halogens is 1. The lowest BCUT2D eigenvalue weighted by atomic mass is 9.93. The maximum absolute atomic E-state index is 15.4. The van der Waals surface area contributed by atoms with E-state index in [1.165, 1.54) is 25.6 Å². The number of aliphatic hydroxyl groups is 1. The highest BCUT2D eigenvalue weighted by Crippen LogP contribution is 2.60. The molecule has 5 atom stereocenters. The average molecular weight is 426 g/mol. The Bertz CT molecular complexity index is 871. The number of nitrogens with zero attached hydrogens (tertiary/aromatic N) is 1. The molecule has 27 heavy (non-hydrogen) atoms. The van der Waals surface area contributed by atoms with Gasteiger partial charge in [-0.05, 0) is 26.0 Å². The Hall–Kier alpha value is -1.01. The predicted octanol–water partition coefficient (Wildman–Crippen LogP) is 0.510. The number of rotatable bonds is 6. The lowest BCUT2D eigenvalue weighted by Crippen LogP contribution is -2.54. The van der Waals surface area contributed by atoms with E-state index in [4.69, 9.17) is 9.26 Å². The van der Waals surface area contributed by atoms with Gasteiger partial charge in [-0.25, -0.2) is 13.8 Å². The molecule has 13 heteroatoms. The standard InChI is InChI=1S/C14H20FN2O8PS/c1-8(2)25-26(21,22)23-7-14(15)10(19)13(4-6-27-13)11(24-14)17-5-3-9(18)16-12(17)20/h3,5,8,10-11,19H,4,6-7H2,1-2H3,(H,21,22)(H,16,18,20)/t10-,11+,13+,14+/m0/s1. The van der Waals surface area contributed by atoms with Crippen molar-refractivity contribution in [2.75, 3.05) is 12.4 Å². The average Bonchev–Trinajstić information content (AvgIpc) is 2.73. The molecule has 3 N–H and O–H groups in total. The fourth-order valence-corrected chi connectivity index (χ4v) is 5.33. The van der Waals surface area contributed by atoms with Gasteiger partial charge >= 0.3 is 13.5 Å². The summed E-state index contributed by atoms with van der Waals surface area (Å²) in [5, 5.41) is 10.6. The quantitative estimate of drug-likeness (QED) is 0.555. The smallest absolute Gasteiger partial charge is 0.385 e. The van der Waals surface area contributed by atoms with Crippen molar-refractivity contribution in [1.82, 2.24) is 9.55 Å². The van der Waals surface area contributed by atoms with Crippen molar-refractivity contribution < 1.29 is 32.7 Å². The number of thioether (sulfide) groups is 1. The molecule has 1 aromatic rings. The molecule has 3 rings (SSSR count). The molecule has 0 bridgehead atoms.